The molecule has 5 nitrogen and oxygen atoms in total. The topological polar surface area (TPSA) is 75.6 Å². The van der Waals surface area contributed by atoms with Crippen molar-refractivity contribution >= 4 is 11.9 Å². The molecular formula is C12H19NO4. The first-order valence-electron chi connectivity index (χ1n) is 5.35. The van der Waals surface area contributed by atoms with E-state index in [4.69, 9.17) is 5.11 Å². The molecule has 1 amide bonds. The first-order valence-corrected chi connectivity index (χ1v) is 5.35. The summed E-state index contributed by atoms with van der Waals surface area (Å²) in [6.45, 7) is 3.54. The highest BCUT2D eigenvalue weighted by molar-refractivity contribution is 5.91. The van der Waals surface area contributed by atoms with E-state index in [1.807, 2.05) is 19.9 Å². The lowest BCUT2D eigenvalue weighted by atomic mass is 10.2. The maximum Gasteiger partial charge on any atom is 0.330 e. The molecule has 0 aliphatic heterocycles. The Labute approximate surface area is 101 Å². The molecule has 0 saturated heterocycles. The number of rotatable bonds is 6. The van der Waals surface area contributed by atoms with E-state index in [1.165, 1.54) is 13.2 Å². The summed E-state index contributed by atoms with van der Waals surface area (Å²) in [5.41, 5.74) is 0. The summed E-state index contributed by atoms with van der Waals surface area (Å²) in [4.78, 5) is 22.4. The minimum atomic E-state index is -1.02. The van der Waals surface area contributed by atoms with Gasteiger partial charge in [0.15, 0.2) is 6.04 Å². The Kier molecular flexibility index (Phi) is 7.71. The number of hydrogen-bond donors (Lipinski definition) is 2. The van der Waals surface area contributed by atoms with Crippen molar-refractivity contribution in [2.24, 2.45) is 5.92 Å². The molecule has 1 atom stereocenters. The lowest BCUT2D eigenvalue weighted by Gasteiger charge is -2.11. The van der Waals surface area contributed by atoms with Crippen molar-refractivity contribution in [1.82, 2.24) is 5.32 Å². The van der Waals surface area contributed by atoms with Gasteiger partial charge in [-0.05, 0) is 5.92 Å². The number of amides is 1. The number of allylic oxidation sites excluding steroid dienone is 3. The summed E-state index contributed by atoms with van der Waals surface area (Å²) in [6, 6.07) is -1.02. The van der Waals surface area contributed by atoms with Crippen LogP contribution in [0.1, 0.15) is 13.8 Å². The minimum absolute atomic E-state index is 0.406. The zero-order valence-corrected chi connectivity index (χ0v) is 10.3. The van der Waals surface area contributed by atoms with Crippen molar-refractivity contribution in [2.75, 3.05) is 13.7 Å². The lowest BCUT2D eigenvalue weighted by molar-refractivity contribution is -0.145. The lowest BCUT2D eigenvalue weighted by Crippen LogP contribution is -2.43. The molecule has 0 rings (SSSR count). The van der Waals surface area contributed by atoms with Crippen molar-refractivity contribution < 1.29 is 19.4 Å². The molecule has 0 aliphatic rings. The molecule has 96 valence electrons. The van der Waals surface area contributed by atoms with Crippen LogP contribution in [0.4, 0.5) is 0 Å². The van der Waals surface area contributed by atoms with Crippen LogP contribution < -0.4 is 5.32 Å². The third-order valence-corrected chi connectivity index (χ3v) is 1.84. The normalized spacial score (nSPS) is 13.2. The summed E-state index contributed by atoms with van der Waals surface area (Å²) in [6.07, 6.45) is 6.52. The van der Waals surface area contributed by atoms with Gasteiger partial charge in [0.1, 0.15) is 0 Å². The highest BCUT2D eigenvalue weighted by atomic mass is 16.5. The zero-order valence-electron chi connectivity index (χ0n) is 10.3. The molecule has 1 unspecified atom stereocenters. The standard InChI is InChI=1S/C12H19NO4/c1-9(2)6-4-5-7-11(15)13-10(8-14)12(16)17-3/h4-7,9-10,14H,8H2,1-3H3,(H,13,15)/b6-4+,7-5+. The highest BCUT2D eigenvalue weighted by Gasteiger charge is 2.18. The van der Waals surface area contributed by atoms with Crippen LogP contribution in [0, 0.1) is 5.92 Å². The van der Waals surface area contributed by atoms with E-state index in [9.17, 15) is 9.59 Å². The van der Waals surface area contributed by atoms with E-state index in [0.717, 1.165) is 0 Å². The van der Waals surface area contributed by atoms with Gasteiger partial charge in [-0.15, -0.1) is 0 Å². The van der Waals surface area contributed by atoms with Crippen LogP contribution in [0.3, 0.4) is 0 Å². The van der Waals surface area contributed by atoms with Crippen LogP contribution in [0.2, 0.25) is 0 Å². The smallest absolute Gasteiger partial charge is 0.330 e. The number of hydrogen-bond acceptors (Lipinski definition) is 4. The fourth-order valence-electron chi connectivity index (χ4n) is 0.971. The van der Waals surface area contributed by atoms with Gasteiger partial charge in [-0.1, -0.05) is 32.1 Å². The number of aliphatic hydroxyl groups excluding tert-OH is 1. The first kappa shape index (κ1) is 15.4. The minimum Gasteiger partial charge on any atom is -0.467 e. The first-order chi connectivity index (χ1) is 8.01. The van der Waals surface area contributed by atoms with Crippen molar-refractivity contribution in [3.63, 3.8) is 0 Å². The van der Waals surface area contributed by atoms with Crippen molar-refractivity contribution in [2.45, 2.75) is 19.9 Å². The molecule has 0 radical (unpaired) electrons. The Balaban J connectivity index is 4.20. The number of carbonyl (C=O) groups excluding carboxylic acids is 2. The van der Waals surface area contributed by atoms with Crippen LogP contribution in [0.25, 0.3) is 0 Å². The number of nitrogens with one attached hydrogen (secondary N) is 1. The molecular weight excluding hydrogens is 222 g/mol. The van der Waals surface area contributed by atoms with Crippen LogP contribution >= 0.6 is 0 Å². The number of esters is 1. The van der Waals surface area contributed by atoms with Crippen molar-refractivity contribution in [3.8, 4) is 0 Å². The van der Waals surface area contributed by atoms with E-state index >= 15 is 0 Å². The SMILES string of the molecule is COC(=O)C(CO)NC(=O)/C=C/C=C/C(C)C. The van der Waals surface area contributed by atoms with Crippen molar-refractivity contribution in [1.29, 1.82) is 0 Å². The Morgan fingerprint density at radius 1 is 1.35 bits per heavy atom. The second-order valence-electron chi connectivity index (χ2n) is 3.75. The molecule has 0 aliphatic carbocycles. The average molecular weight is 241 g/mol. The number of methoxy groups -OCH3 is 1. The van der Waals surface area contributed by atoms with E-state index in [1.54, 1.807) is 12.2 Å². The van der Waals surface area contributed by atoms with E-state index in [-0.39, 0.29) is 0 Å². The predicted molar refractivity (Wildman–Crippen MR) is 64.2 cm³/mol. The largest absolute Gasteiger partial charge is 0.467 e. The maximum absolute atomic E-state index is 11.3. The van der Waals surface area contributed by atoms with Crippen LogP contribution in [0.5, 0.6) is 0 Å². The monoisotopic (exact) mass is 241 g/mol. The fraction of sp³-hybridized carbons (Fsp3) is 0.500. The molecule has 0 aromatic rings. The van der Waals surface area contributed by atoms with Gasteiger partial charge in [-0.2, -0.15) is 0 Å². The Hall–Kier alpha value is -1.62. The maximum atomic E-state index is 11.3. The van der Waals surface area contributed by atoms with Crippen LogP contribution in [-0.4, -0.2) is 36.7 Å². The van der Waals surface area contributed by atoms with E-state index < -0.39 is 24.5 Å². The molecule has 0 heterocycles. The highest BCUT2D eigenvalue weighted by Crippen LogP contribution is 1.93. The van der Waals surface area contributed by atoms with Gasteiger partial charge in [-0.25, -0.2) is 4.79 Å². The molecule has 0 fully saturated rings. The average Bonchev–Trinajstić information content (AvgIpc) is 2.30. The second-order valence-corrected chi connectivity index (χ2v) is 3.75. The summed E-state index contributed by atoms with van der Waals surface area (Å²) < 4.78 is 4.41. The molecule has 0 aromatic heterocycles. The second kappa shape index (κ2) is 8.52. The Bertz CT molecular complexity index is 308. The molecule has 0 spiro atoms. The zero-order chi connectivity index (χ0) is 13.3. The van der Waals surface area contributed by atoms with Crippen LogP contribution in [0.15, 0.2) is 24.3 Å². The Morgan fingerprint density at radius 2 is 2.00 bits per heavy atom. The fourth-order valence-corrected chi connectivity index (χ4v) is 0.971. The van der Waals surface area contributed by atoms with Gasteiger partial charge in [0.05, 0.1) is 13.7 Å². The molecule has 2 N–H and O–H groups in total. The number of ether oxygens (including phenoxy) is 1. The van der Waals surface area contributed by atoms with E-state index in [0.29, 0.717) is 5.92 Å². The molecule has 17 heavy (non-hydrogen) atoms. The van der Waals surface area contributed by atoms with Crippen LogP contribution in [-0.2, 0) is 14.3 Å². The quantitative estimate of drug-likeness (QED) is 0.401. The molecule has 0 saturated carbocycles. The summed E-state index contributed by atoms with van der Waals surface area (Å²) in [5.74, 6) is -0.724. The predicted octanol–water partition coefficient (Wildman–Crippen LogP) is 0.405. The molecule has 0 aromatic carbocycles. The summed E-state index contributed by atoms with van der Waals surface area (Å²) >= 11 is 0. The summed E-state index contributed by atoms with van der Waals surface area (Å²) in [5, 5.41) is 11.2. The third kappa shape index (κ3) is 7.30. The molecule has 5 heteroatoms. The summed E-state index contributed by atoms with van der Waals surface area (Å²) in [7, 11) is 1.19. The van der Waals surface area contributed by atoms with Gasteiger partial charge in [0.2, 0.25) is 5.91 Å². The van der Waals surface area contributed by atoms with Gasteiger partial charge in [0, 0.05) is 6.08 Å². The van der Waals surface area contributed by atoms with Gasteiger partial charge in [-0.3, -0.25) is 4.79 Å². The van der Waals surface area contributed by atoms with Gasteiger partial charge >= 0.3 is 5.97 Å². The molecule has 0 bridgehead atoms. The van der Waals surface area contributed by atoms with Crippen molar-refractivity contribution in [3.05, 3.63) is 24.3 Å². The van der Waals surface area contributed by atoms with E-state index in [2.05, 4.69) is 10.1 Å². The van der Waals surface area contributed by atoms with Gasteiger partial charge in [0.25, 0.3) is 0 Å². The number of carbonyl (C=O) groups is 2. The van der Waals surface area contributed by atoms with Gasteiger partial charge < -0.3 is 15.2 Å². The Morgan fingerprint density at radius 3 is 2.47 bits per heavy atom. The number of aliphatic hydroxyl groups is 1. The third-order valence-electron chi connectivity index (χ3n) is 1.84.